The average molecular weight is 562 g/mol. The summed E-state index contributed by atoms with van der Waals surface area (Å²) in [5.74, 6) is 0.834. The van der Waals surface area contributed by atoms with Crippen molar-refractivity contribution >= 4 is 29.7 Å². The minimum Gasteiger partial charge on any atom is -0.493 e. The summed E-state index contributed by atoms with van der Waals surface area (Å²) < 4.78 is 19.1. The summed E-state index contributed by atoms with van der Waals surface area (Å²) >= 11 is 1.31. The first-order valence-electron chi connectivity index (χ1n) is 11.7. The van der Waals surface area contributed by atoms with Gasteiger partial charge in [-0.3, -0.25) is 4.79 Å². The van der Waals surface area contributed by atoms with Crippen molar-refractivity contribution in [3.8, 4) is 17.3 Å². The number of ether oxygens (including phenoxy) is 2. The first-order valence-corrected chi connectivity index (χ1v) is 12.7. The summed E-state index contributed by atoms with van der Waals surface area (Å²) in [6, 6.07) is 15.1. The van der Waals surface area contributed by atoms with Crippen molar-refractivity contribution < 1.29 is 18.9 Å². The number of hydrogen-bond acceptors (Lipinski definition) is 13. The van der Waals surface area contributed by atoms with Crippen LogP contribution in [0.2, 0.25) is 0 Å². The predicted octanol–water partition coefficient (Wildman–Crippen LogP) is 2.00. The maximum absolute atomic E-state index is 13.1. The van der Waals surface area contributed by atoms with E-state index >= 15 is 0 Å². The van der Waals surface area contributed by atoms with Crippen molar-refractivity contribution in [3.05, 3.63) is 77.4 Å². The zero-order chi connectivity index (χ0) is 27.9. The molecule has 0 aliphatic carbocycles. The quantitative estimate of drug-likeness (QED) is 0.136. The van der Waals surface area contributed by atoms with Crippen LogP contribution in [-0.4, -0.2) is 59.3 Å². The molecule has 2 aromatic carbocycles. The molecule has 3 aromatic heterocycles. The Kier molecular flexibility index (Phi) is 7.96. The van der Waals surface area contributed by atoms with Gasteiger partial charge in [0.15, 0.2) is 22.3 Å². The van der Waals surface area contributed by atoms with E-state index in [1.165, 1.54) is 22.7 Å². The second-order valence-corrected chi connectivity index (χ2v) is 9.11. The van der Waals surface area contributed by atoms with Crippen LogP contribution in [0.1, 0.15) is 27.3 Å². The molecule has 0 saturated heterocycles. The van der Waals surface area contributed by atoms with E-state index in [1.807, 2.05) is 30.3 Å². The van der Waals surface area contributed by atoms with Crippen LogP contribution in [0.4, 0.5) is 5.82 Å². The standard InChI is InChI=1S/C24H23N11O4S/c1-34-14-27-30-24(34)40-13-17-20(28-33-35(17)22-21(25)31-39-32-22)23(36)29-26-11-16-8-9-18(37-2)19(10-16)38-12-15-6-4-3-5-7-15/h3-11,14H,12-13H2,1-2H3,(H2,25,31)(H,29,36)/b26-11+. The number of aryl methyl sites for hydroxylation is 1. The Bertz CT molecular complexity index is 1630. The lowest BCUT2D eigenvalue weighted by Crippen LogP contribution is -2.20. The van der Waals surface area contributed by atoms with Gasteiger partial charge in [0.1, 0.15) is 12.9 Å². The number of amides is 1. The second-order valence-electron chi connectivity index (χ2n) is 8.17. The van der Waals surface area contributed by atoms with Crippen molar-refractivity contribution in [1.82, 2.24) is 45.5 Å². The van der Waals surface area contributed by atoms with Gasteiger partial charge < -0.3 is 19.8 Å². The van der Waals surface area contributed by atoms with E-state index in [9.17, 15) is 4.79 Å². The highest BCUT2D eigenvalue weighted by molar-refractivity contribution is 7.98. The third-order valence-corrected chi connectivity index (χ3v) is 6.53. The lowest BCUT2D eigenvalue weighted by atomic mass is 10.2. The lowest BCUT2D eigenvalue weighted by molar-refractivity contribution is 0.0949. The number of carbonyl (C=O) groups excluding carboxylic acids is 1. The molecule has 16 heteroatoms. The highest BCUT2D eigenvalue weighted by Gasteiger charge is 2.24. The van der Waals surface area contributed by atoms with Gasteiger partial charge in [-0.15, -0.1) is 15.3 Å². The number of hydrazone groups is 1. The van der Waals surface area contributed by atoms with Gasteiger partial charge in [-0.25, -0.2) is 10.1 Å². The fraction of sp³-hybridized carbons (Fsp3) is 0.167. The van der Waals surface area contributed by atoms with Crippen molar-refractivity contribution in [2.75, 3.05) is 12.8 Å². The normalized spacial score (nSPS) is 11.2. The summed E-state index contributed by atoms with van der Waals surface area (Å²) in [6.07, 6.45) is 3.04. The van der Waals surface area contributed by atoms with E-state index in [0.29, 0.717) is 34.5 Å². The molecule has 0 spiro atoms. The van der Waals surface area contributed by atoms with Crippen LogP contribution < -0.4 is 20.6 Å². The van der Waals surface area contributed by atoms with Crippen LogP contribution in [-0.2, 0) is 19.4 Å². The number of nitrogens with one attached hydrogen (secondary N) is 1. The highest BCUT2D eigenvalue weighted by atomic mass is 32.2. The number of nitrogens with zero attached hydrogens (tertiary/aromatic N) is 9. The number of anilines is 1. The number of methoxy groups -OCH3 is 1. The van der Waals surface area contributed by atoms with Crippen LogP contribution in [0.15, 0.2) is 69.7 Å². The molecule has 204 valence electrons. The van der Waals surface area contributed by atoms with Gasteiger partial charge in [0.05, 0.1) is 19.0 Å². The SMILES string of the molecule is COc1ccc(/C=N/NC(=O)c2nnn(-c3nonc3N)c2CSc2nncn2C)cc1OCc1ccccc1. The van der Waals surface area contributed by atoms with Gasteiger partial charge in [0.25, 0.3) is 5.91 Å². The van der Waals surface area contributed by atoms with Gasteiger partial charge in [-0.2, -0.15) is 9.78 Å². The van der Waals surface area contributed by atoms with E-state index in [4.69, 9.17) is 15.2 Å². The van der Waals surface area contributed by atoms with E-state index in [1.54, 1.807) is 43.3 Å². The lowest BCUT2D eigenvalue weighted by Gasteiger charge is -2.11. The Morgan fingerprint density at radius 2 is 2.02 bits per heavy atom. The largest absolute Gasteiger partial charge is 0.493 e. The fourth-order valence-electron chi connectivity index (χ4n) is 3.49. The zero-order valence-corrected chi connectivity index (χ0v) is 22.1. The Morgan fingerprint density at radius 3 is 2.75 bits per heavy atom. The van der Waals surface area contributed by atoms with E-state index in [2.05, 4.69) is 46.0 Å². The zero-order valence-electron chi connectivity index (χ0n) is 21.3. The first kappa shape index (κ1) is 26.4. The summed E-state index contributed by atoms with van der Waals surface area (Å²) in [5, 5.41) is 28.0. The van der Waals surface area contributed by atoms with Crippen molar-refractivity contribution in [1.29, 1.82) is 0 Å². The van der Waals surface area contributed by atoms with E-state index in [-0.39, 0.29) is 23.1 Å². The molecular formula is C24H23N11O4S. The molecule has 0 aliphatic rings. The Hall–Kier alpha value is -5.25. The number of thioether (sulfide) groups is 1. The minimum atomic E-state index is -0.597. The molecule has 15 nitrogen and oxygen atoms in total. The average Bonchev–Trinajstić information content (AvgIpc) is 3.70. The molecule has 0 bridgehead atoms. The number of nitrogens with two attached hydrogens (primary N) is 1. The molecule has 0 radical (unpaired) electrons. The summed E-state index contributed by atoms with van der Waals surface area (Å²) in [6.45, 7) is 0.366. The van der Waals surface area contributed by atoms with Crippen LogP contribution >= 0.6 is 11.8 Å². The van der Waals surface area contributed by atoms with Gasteiger partial charge in [0, 0.05) is 12.8 Å². The maximum atomic E-state index is 13.1. The van der Waals surface area contributed by atoms with Crippen LogP contribution in [0.3, 0.4) is 0 Å². The summed E-state index contributed by atoms with van der Waals surface area (Å²) in [5.41, 5.74) is 10.4. The molecule has 5 aromatic rings. The van der Waals surface area contributed by atoms with Crippen molar-refractivity contribution in [3.63, 3.8) is 0 Å². The Labute approximate surface area is 231 Å². The molecule has 0 unspecified atom stereocenters. The van der Waals surface area contributed by atoms with Gasteiger partial charge in [-0.1, -0.05) is 47.3 Å². The van der Waals surface area contributed by atoms with Crippen LogP contribution in [0.25, 0.3) is 5.82 Å². The topological polar surface area (TPSA) is 186 Å². The van der Waals surface area contributed by atoms with E-state index in [0.717, 1.165) is 5.56 Å². The monoisotopic (exact) mass is 561 g/mol. The van der Waals surface area contributed by atoms with Crippen molar-refractivity contribution in [2.24, 2.45) is 12.1 Å². The smallest absolute Gasteiger partial charge is 0.293 e. The Morgan fingerprint density at radius 1 is 1.18 bits per heavy atom. The van der Waals surface area contributed by atoms with Crippen LogP contribution in [0.5, 0.6) is 11.5 Å². The second kappa shape index (κ2) is 12.1. The number of hydrogen-bond donors (Lipinski definition) is 2. The van der Waals surface area contributed by atoms with Gasteiger partial charge in [0.2, 0.25) is 11.6 Å². The number of benzene rings is 2. The molecule has 5 rings (SSSR count). The first-order chi connectivity index (χ1) is 19.5. The predicted molar refractivity (Wildman–Crippen MR) is 143 cm³/mol. The van der Waals surface area contributed by atoms with Gasteiger partial charge in [-0.05, 0) is 39.6 Å². The molecule has 0 aliphatic heterocycles. The number of nitrogen functional groups attached to an aromatic ring is 1. The maximum Gasteiger partial charge on any atom is 0.293 e. The number of rotatable bonds is 11. The molecule has 3 N–H and O–H groups in total. The molecular weight excluding hydrogens is 538 g/mol. The molecule has 3 heterocycles. The molecule has 1 amide bonds. The fourth-order valence-corrected chi connectivity index (χ4v) is 4.37. The molecule has 40 heavy (non-hydrogen) atoms. The minimum absolute atomic E-state index is 0.00965. The molecule has 0 atom stereocenters. The number of aromatic nitrogens is 8. The third kappa shape index (κ3) is 5.91. The van der Waals surface area contributed by atoms with E-state index < -0.39 is 5.91 Å². The third-order valence-electron chi connectivity index (χ3n) is 5.49. The summed E-state index contributed by atoms with van der Waals surface area (Å²) in [4.78, 5) is 13.1. The van der Waals surface area contributed by atoms with Gasteiger partial charge >= 0.3 is 0 Å². The molecule has 0 saturated carbocycles. The van der Waals surface area contributed by atoms with Crippen molar-refractivity contribution in [2.45, 2.75) is 17.5 Å². The van der Waals surface area contributed by atoms with Crippen LogP contribution in [0, 0.1) is 0 Å². The Balaban J connectivity index is 1.32. The number of carbonyl (C=O) groups is 1. The highest BCUT2D eigenvalue weighted by Crippen LogP contribution is 2.28. The molecule has 0 fully saturated rings. The summed E-state index contributed by atoms with van der Waals surface area (Å²) in [7, 11) is 3.37.